The molecule has 0 radical (unpaired) electrons. The summed E-state index contributed by atoms with van der Waals surface area (Å²) in [7, 11) is 0. The molecule has 3 aromatic heterocycles. The first-order chi connectivity index (χ1) is 23.1. The van der Waals surface area contributed by atoms with Crippen molar-refractivity contribution in [1.29, 1.82) is 5.26 Å². The lowest BCUT2D eigenvalue weighted by molar-refractivity contribution is -0.0722. The Labute approximate surface area is 275 Å². The molecule has 8 rings (SSSR count). The molecule has 2 saturated heterocycles. The van der Waals surface area contributed by atoms with Gasteiger partial charge < -0.3 is 18.8 Å². The van der Waals surface area contributed by atoms with E-state index in [2.05, 4.69) is 55.1 Å². The Morgan fingerprint density at radius 2 is 1.96 bits per heavy atom. The monoisotopic (exact) mass is 651 g/mol. The Morgan fingerprint density at radius 1 is 1.12 bits per heavy atom. The number of aromatic nitrogens is 5. The number of ether oxygens (including phenoxy) is 3. The molecule has 0 aliphatic carbocycles. The van der Waals surface area contributed by atoms with Crippen LogP contribution in [0.15, 0.2) is 58.0 Å². The molecule has 246 valence electrons. The number of hydrogen-bond donors (Lipinski definition) is 1. The van der Waals surface area contributed by atoms with Crippen LogP contribution in [0.4, 0.5) is 4.39 Å². The van der Waals surface area contributed by atoms with E-state index in [0.29, 0.717) is 47.8 Å². The molecule has 3 aliphatic rings. The number of benzene rings is 2. The number of halogens is 1. The lowest BCUT2D eigenvalue weighted by Gasteiger charge is -2.33. The van der Waals surface area contributed by atoms with Crippen LogP contribution in [0.5, 0.6) is 11.5 Å². The minimum atomic E-state index is -1.10. The van der Waals surface area contributed by atoms with Crippen molar-refractivity contribution in [2.45, 2.75) is 57.9 Å². The third-order valence-corrected chi connectivity index (χ3v) is 9.86. The first-order valence-electron chi connectivity index (χ1n) is 16.1. The number of fused-ring (bicyclic) bond motifs is 2. The molecule has 1 N–H and O–H groups in total. The lowest BCUT2D eigenvalue weighted by Crippen LogP contribution is -2.35. The van der Waals surface area contributed by atoms with Crippen molar-refractivity contribution < 1.29 is 23.1 Å². The number of para-hydroxylation sites is 1. The first-order valence-corrected chi connectivity index (χ1v) is 16.1. The summed E-state index contributed by atoms with van der Waals surface area (Å²) in [5.74, 6) is 0.290. The maximum atomic E-state index is 15.6. The van der Waals surface area contributed by atoms with E-state index in [0.717, 1.165) is 43.1 Å². The largest absolute Gasteiger partial charge is 0.443 e. The van der Waals surface area contributed by atoms with Gasteiger partial charge in [0.05, 0.1) is 36.9 Å². The summed E-state index contributed by atoms with van der Waals surface area (Å²) < 4.78 is 41.1. The number of nitrogens with zero attached hydrogens (tertiary/aromatic N) is 6. The Balaban J connectivity index is 1.05. The van der Waals surface area contributed by atoms with Crippen molar-refractivity contribution in [3.8, 4) is 29.0 Å². The normalized spacial score (nSPS) is 22.4. The summed E-state index contributed by atoms with van der Waals surface area (Å²) in [4.78, 5) is 25.8. The van der Waals surface area contributed by atoms with Crippen LogP contribution in [0.2, 0.25) is 0 Å². The predicted molar refractivity (Wildman–Crippen MR) is 171 cm³/mol. The van der Waals surface area contributed by atoms with Crippen LogP contribution in [0, 0.1) is 22.6 Å². The van der Waals surface area contributed by atoms with E-state index in [1.54, 1.807) is 12.1 Å². The molecule has 13 heteroatoms. The Hall–Kier alpha value is -5.06. The van der Waals surface area contributed by atoms with Crippen LogP contribution in [0.1, 0.15) is 68.2 Å². The van der Waals surface area contributed by atoms with E-state index in [4.69, 9.17) is 24.5 Å². The Kier molecular flexibility index (Phi) is 7.12. The van der Waals surface area contributed by atoms with Crippen molar-refractivity contribution in [2.75, 3.05) is 26.3 Å². The topological polar surface area (TPSA) is 144 Å². The van der Waals surface area contributed by atoms with E-state index in [-0.39, 0.29) is 28.7 Å². The fourth-order valence-electron chi connectivity index (χ4n) is 7.24. The van der Waals surface area contributed by atoms with Crippen molar-refractivity contribution >= 4 is 11.0 Å². The molecule has 0 bridgehead atoms. The molecular weight excluding hydrogens is 617 g/mol. The van der Waals surface area contributed by atoms with Crippen molar-refractivity contribution in [3.05, 3.63) is 87.7 Å². The molecular formula is C35H34FN7O5. The summed E-state index contributed by atoms with van der Waals surface area (Å²) in [6.45, 7) is 9.36. The number of likely N-dealkylation sites (tertiary alicyclic amines) is 1. The molecule has 0 spiro atoms. The molecule has 0 saturated carbocycles. The van der Waals surface area contributed by atoms with Gasteiger partial charge in [0.1, 0.15) is 23.1 Å². The minimum Gasteiger partial charge on any atom is -0.443 e. The van der Waals surface area contributed by atoms with Crippen LogP contribution in [-0.2, 0) is 17.1 Å². The zero-order chi connectivity index (χ0) is 33.2. The Morgan fingerprint density at radius 3 is 2.65 bits per heavy atom. The van der Waals surface area contributed by atoms with E-state index in [1.165, 1.54) is 12.3 Å². The van der Waals surface area contributed by atoms with Crippen LogP contribution >= 0.6 is 0 Å². The smallest absolute Gasteiger partial charge is 0.439 e. The van der Waals surface area contributed by atoms with Gasteiger partial charge in [-0.15, -0.1) is 0 Å². The standard InChI is InChI=1S/C35H34FN7O5/c1-34(2)19-45-18-28(34)43-25-14-22(32-40-33(44)48-41-32)13-24(36)30(25)39-29(43)17-42-11-9-21(10-12-42)23-5-4-6-26-31(23)47-35(3,46-26)27-8-7-20(15-37)16-38-27/h4-8,13-14,16,21,28H,9-12,17-19H2,1-3H3,(H,40,41,44)/t28-,35+/m1/s1. The second-order valence-electron chi connectivity index (χ2n) is 13.6. The summed E-state index contributed by atoms with van der Waals surface area (Å²) in [6, 6.07) is 14.6. The van der Waals surface area contributed by atoms with Crippen LogP contribution in [0.25, 0.3) is 22.4 Å². The summed E-state index contributed by atoms with van der Waals surface area (Å²) >= 11 is 0. The highest BCUT2D eigenvalue weighted by Crippen LogP contribution is 2.49. The SMILES string of the molecule is CC1(C)COC[C@H]1n1c(CN2CCC(c3cccc4c3O[C@@](C)(c3ccc(C#N)cn3)O4)CC2)nc2c(F)cc(-c3noc(=O)[nH]3)cc21. The van der Waals surface area contributed by atoms with Gasteiger partial charge in [0, 0.05) is 29.7 Å². The van der Waals surface area contributed by atoms with Crippen molar-refractivity contribution in [1.82, 2.24) is 29.6 Å². The van der Waals surface area contributed by atoms with Gasteiger partial charge in [-0.25, -0.2) is 14.2 Å². The van der Waals surface area contributed by atoms with Crippen molar-refractivity contribution in [2.24, 2.45) is 5.41 Å². The number of rotatable bonds is 6. The van der Waals surface area contributed by atoms with Gasteiger partial charge in [-0.1, -0.05) is 31.1 Å². The molecule has 12 nitrogen and oxygen atoms in total. The average Bonchev–Trinajstić information content (AvgIpc) is 3.85. The molecule has 3 aliphatic heterocycles. The third-order valence-electron chi connectivity index (χ3n) is 9.86. The van der Waals surface area contributed by atoms with E-state index in [1.807, 2.05) is 25.1 Å². The maximum Gasteiger partial charge on any atom is 0.439 e. The maximum absolute atomic E-state index is 15.6. The lowest BCUT2D eigenvalue weighted by atomic mass is 9.87. The quantitative estimate of drug-likeness (QED) is 0.253. The Bertz CT molecular complexity index is 2120. The predicted octanol–water partition coefficient (Wildman–Crippen LogP) is 5.41. The van der Waals surface area contributed by atoms with E-state index >= 15 is 4.39 Å². The number of imidazole rings is 1. The summed E-state index contributed by atoms with van der Waals surface area (Å²) in [5, 5.41) is 12.9. The molecule has 48 heavy (non-hydrogen) atoms. The van der Waals surface area contributed by atoms with E-state index < -0.39 is 17.4 Å². The van der Waals surface area contributed by atoms with Crippen LogP contribution < -0.4 is 15.2 Å². The fourth-order valence-corrected chi connectivity index (χ4v) is 7.24. The highest BCUT2D eigenvalue weighted by molar-refractivity contribution is 5.82. The van der Waals surface area contributed by atoms with Crippen molar-refractivity contribution in [3.63, 3.8) is 0 Å². The van der Waals surface area contributed by atoms with Gasteiger partial charge in [0.15, 0.2) is 23.1 Å². The minimum absolute atomic E-state index is 0.0648. The summed E-state index contributed by atoms with van der Waals surface area (Å²) in [5.41, 5.74) is 3.26. The number of hydrogen-bond acceptors (Lipinski definition) is 10. The van der Waals surface area contributed by atoms with Gasteiger partial charge in [-0.05, 0) is 62.2 Å². The number of aromatic amines is 1. The van der Waals surface area contributed by atoms with Gasteiger partial charge >= 0.3 is 5.76 Å². The molecule has 2 fully saturated rings. The molecule has 2 aromatic carbocycles. The molecule has 2 atom stereocenters. The van der Waals surface area contributed by atoms with Gasteiger partial charge in [0.25, 0.3) is 5.79 Å². The highest BCUT2D eigenvalue weighted by atomic mass is 19.1. The molecule has 0 amide bonds. The zero-order valence-corrected chi connectivity index (χ0v) is 26.8. The number of piperidine rings is 1. The van der Waals surface area contributed by atoms with Gasteiger partial charge in [0.2, 0.25) is 0 Å². The van der Waals surface area contributed by atoms with Crippen LogP contribution in [-0.4, -0.2) is 55.9 Å². The number of H-pyrrole nitrogens is 1. The van der Waals surface area contributed by atoms with Gasteiger partial charge in [-0.3, -0.25) is 19.4 Å². The van der Waals surface area contributed by atoms with E-state index in [9.17, 15) is 4.79 Å². The number of nitriles is 1. The third kappa shape index (κ3) is 5.12. The van der Waals surface area contributed by atoms with Gasteiger partial charge in [-0.2, -0.15) is 5.26 Å². The average molecular weight is 652 g/mol. The van der Waals surface area contributed by atoms with Crippen LogP contribution in [0.3, 0.4) is 0 Å². The number of pyridine rings is 1. The summed E-state index contributed by atoms with van der Waals surface area (Å²) in [6.07, 6.45) is 3.30. The molecule has 5 aromatic rings. The zero-order valence-electron chi connectivity index (χ0n) is 26.8. The molecule has 0 unspecified atom stereocenters. The number of nitrogens with one attached hydrogen (secondary N) is 1. The first kappa shape index (κ1) is 30.3. The molecule has 6 heterocycles. The second kappa shape index (κ2) is 11.3. The fraction of sp³-hybridized carbons (Fsp3) is 0.400. The highest BCUT2D eigenvalue weighted by Gasteiger charge is 2.43. The second-order valence-corrected chi connectivity index (χ2v) is 13.6.